The highest BCUT2D eigenvalue weighted by atomic mass is 127. The normalized spacial score (nSPS) is 19.4. The molecule has 1 fully saturated rings. The maximum Gasteiger partial charge on any atom is 0.333 e. The second-order valence-electron chi connectivity index (χ2n) is 9.53. The molecule has 1 aromatic rings. The van der Waals surface area contributed by atoms with Crippen molar-refractivity contribution in [1.29, 1.82) is 5.26 Å². The van der Waals surface area contributed by atoms with Gasteiger partial charge in [0, 0.05) is 43.6 Å². The first-order chi connectivity index (χ1) is 18.0. The van der Waals surface area contributed by atoms with Gasteiger partial charge in [0.15, 0.2) is 0 Å². The summed E-state index contributed by atoms with van der Waals surface area (Å²) in [5.41, 5.74) is 4.69. The van der Waals surface area contributed by atoms with Crippen LogP contribution in [0.1, 0.15) is 25.0 Å². The zero-order valence-electron chi connectivity index (χ0n) is 21.4. The average molecular weight is 623 g/mol. The molecule has 38 heavy (non-hydrogen) atoms. The lowest BCUT2D eigenvalue weighted by molar-refractivity contribution is -0.134. The lowest BCUT2D eigenvalue weighted by Gasteiger charge is -2.28. The second-order valence-corrected chi connectivity index (χ2v) is 10.3. The zero-order valence-corrected chi connectivity index (χ0v) is 23.6. The summed E-state index contributed by atoms with van der Waals surface area (Å²) < 4.78 is 0.405. The van der Waals surface area contributed by atoms with Crippen molar-refractivity contribution in [1.82, 2.24) is 15.1 Å². The highest BCUT2D eigenvalue weighted by Gasteiger charge is 2.41. The van der Waals surface area contributed by atoms with Gasteiger partial charge in [-0.05, 0) is 47.1 Å². The Kier molecular flexibility index (Phi) is 7.42. The number of fused-ring (bicyclic) bond motifs is 3. The number of nitrogens with zero attached hydrogens (tertiary/aromatic N) is 4. The van der Waals surface area contributed by atoms with E-state index in [0.717, 1.165) is 32.3 Å². The smallest absolute Gasteiger partial charge is 0.333 e. The fourth-order valence-corrected chi connectivity index (χ4v) is 4.85. The van der Waals surface area contributed by atoms with Crippen molar-refractivity contribution in [2.45, 2.75) is 25.8 Å². The topological polar surface area (TPSA) is 114 Å². The van der Waals surface area contributed by atoms with Crippen molar-refractivity contribution in [3.05, 3.63) is 88.3 Å². The molecule has 4 rings (SSSR count). The number of barbiturate groups is 1. The predicted octanol–water partition coefficient (Wildman–Crippen LogP) is 3.60. The molecule has 0 aliphatic carbocycles. The number of anilines is 1. The number of benzene rings is 1. The van der Waals surface area contributed by atoms with E-state index in [1.807, 2.05) is 53.1 Å². The Morgan fingerprint density at radius 3 is 2.47 bits per heavy atom. The Morgan fingerprint density at radius 2 is 1.84 bits per heavy atom. The predicted molar refractivity (Wildman–Crippen MR) is 151 cm³/mol. The van der Waals surface area contributed by atoms with Gasteiger partial charge in [-0.3, -0.25) is 24.2 Å². The number of amides is 5. The van der Waals surface area contributed by atoms with Gasteiger partial charge < -0.3 is 10.2 Å². The molecule has 0 saturated carbocycles. The lowest BCUT2D eigenvalue weighted by atomic mass is 9.82. The number of rotatable bonds is 5. The van der Waals surface area contributed by atoms with Gasteiger partial charge in [0.1, 0.15) is 5.57 Å². The third-order valence-corrected chi connectivity index (χ3v) is 7.49. The summed E-state index contributed by atoms with van der Waals surface area (Å²) in [5, 5.41) is 12.8. The monoisotopic (exact) mass is 623 g/mol. The van der Waals surface area contributed by atoms with E-state index in [1.54, 1.807) is 6.08 Å². The van der Waals surface area contributed by atoms with Gasteiger partial charge in [0.2, 0.25) is 5.91 Å². The Balaban J connectivity index is 1.63. The Hall–Kier alpha value is -3.98. The maximum absolute atomic E-state index is 12.4. The number of allylic oxidation sites excluding steroid dienone is 8. The molecule has 3 aliphatic heterocycles. The van der Waals surface area contributed by atoms with Crippen LogP contribution in [-0.4, -0.2) is 52.1 Å². The van der Waals surface area contributed by atoms with Crippen LogP contribution in [0.3, 0.4) is 0 Å². The number of likely N-dealkylation sites (N-methyl/N-ethyl adjacent to an activating group) is 2. The van der Waals surface area contributed by atoms with Crippen LogP contribution in [0.2, 0.25) is 0 Å². The largest absolute Gasteiger partial charge is 0.351 e. The molecule has 0 spiro atoms. The summed E-state index contributed by atoms with van der Waals surface area (Å²) >= 11 is 2.03. The molecule has 3 aliphatic rings. The van der Waals surface area contributed by atoms with Gasteiger partial charge in [-0.2, -0.15) is 5.26 Å². The highest BCUT2D eigenvalue weighted by Crippen LogP contribution is 2.50. The highest BCUT2D eigenvalue weighted by molar-refractivity contribution is 14.1. The van der Waals surface area contributed by atoms with Crippen molar-refractivity contribution < 1.29 is 19.2 Å². The average Bonchev–Trinajstić information content (AvgIpc) is 3.14. The summed E-state index contributed by atoms with van der Waals surface area (Å²) in [6.07, 6.45) is 10.1. The van der Waals surface area contributed by atoms with E-state index in [4.69, 9.17) is 0 Å². The molecule has 1 aromatic carbocycles. The molecule has 0 atom stereocenters. The maximum atomic E-state index is 12.4. The SMILES string of the molecule is CN1C(=O)C(=CC=CC(C#N)=C2C=CN3C(=C2)C(C)(C)c2cc(CNC(=O)CI)ccc23)C(=O)N(C)C1=O. The zero-order chi connectivity index (χ0) is 27.8. The molecule has 3 heterocycles. The summed E-state index contributed by atoms with van der Waals surface area (Å²) in [6.45, 7) is 4.68. The fourth-order valence-electron chi connectivity index (χ4n) is 4.58. The van der Waals surface area contributed by atoms with Crippen molar-refractivity contribution >= 4 is 52.0 Å². The molecule has 0 bridgehead atoms. The third kappa shape index (κ3) is 4.69. The molecular weight excluding hydrogens is 597 g/mol. The third-order valence-electron chi connectivity index (χ3n) is 6.80. The summed E-state index contributed by atoms with van der Waals surface area (Å²) in [4.78, 5) is 52.2. The number of nitrogens with one attached hydrogen (secondary N) is 1. The summed E-state index contributed by atoms with van der Waals surface area (Å²) in [7, 11) is 2.62. The Labute approximate surface area is 234 Å². The standard InChI is InChI=1S/C28H26IN5O4/c1-28(2)21-12-17(16-31-24(35)14-29)8-9-22(21)34-11-10-18(13-23(28)34)19(15-30)6-5-7-20-25(36)32(3)27(38)33(4)26(20)37/h5-13H,14,16H2,1-4H3,(H,31,35). The molecule has 0 radical (unpaired) electrons. The van der Waals surface area contributed by atoms with E-state index in [9.17, 15) is 24.4 Å². The van der Waals surface area contributed by atoms with Crippen molar-refractivity contribution in [2.24, 2.45) is 0 Å². The first-order valence-corrected chi connectivity index (χ1v) is 13.3. The minimum Gasteiger partial charge on any atom is -0.351 e. The number of hydrogen-bond donors (Lipinski definition) is 1. The van der Waals surface area contributed by atoms with Crippen LogP contribution in [0.25, 0.3) is 0 Å². The number of imide groups is 2. The van der Waals surface area contributed by atoms with Gasteiger partial charge in [0.05, 0.1) is 16.1 Å². The molecular formula is C28H26IN5O4. The molecule has 1 saturated heterocycles. The van der Waals surface area contributed by atoms with Crippen LogP contribution >= 0.6 is 22.6 Å². The van der Waals surface area contributed by atoms with Crippen molar-refractivity contribution in [3.8, 4) is 6.07 Å². The molecule has 194 valence electrons. The first kappa shape index (κ1) is 27.1. The fraction of sp³-hybridized carbons (Fsp3) is 0.250. The van der Waals surface area contributed by atoms with Crippen LogP contribution < -0.4 is 10.2 Å². The van der Waals surface area contributed by atoms with E-state index in [2.05, 4.69) is 36.2 Å². The van der Waals surface area contributed by atoms with Gasteiger partial charge in [-0.1, -0.05) is 54.6 Å². The molecule has 5 amide bonds. The van der Waals surface area contributed by atoms with Crippen LogP contribution in [0, 0.1) is 11.3 Å². The number of alkyl halides is 1. The molecule has 1 N–H and O–H groups in total. The molecule has 0 unspecified atom stereocenters. The number of nitriles is 1. The molecule has 9 nitrogen and oxygen atoms in total. The van der Waals surface area contributed by atoms with Crippen molar-refractivity contribution in [2.75, 3.05) is 23.4 Å². The van der Waals surface area contributed by atoms with Crippen molar-refractivity contribution in [3.63, 3.8) is 0 Å². The lowest BCUT2D eigenvalue weighted by Crippen LogP contribution is -2.52. The van der Waals surface area contributed by atoms with E-state index in [0.29, 0.717) is 22.1 Å². The van der Waals surface area contributed by atoms with Gasteiger partial charge in [-0.25, -0.2) is 4.79 Å². The summed E-state index contributed by atoms with van der Waals surface area (Å²) in [6, 6.07) is 7.64. The molecule has 0 aromatic heterocycles. The van der Waals surface area contributed by atoms with Crippen LogP contribution in [0.4, 0.5) is 10.5 Å². The number of halogens is 1. The quantitative estimate of drug-likeness (QED) is 0.176. The number of hydrogen-bond acceptors (Lipinski definition) is 6. The Bertz CT molecular complexity index is 1430. The van der Waals surface area contributed by atoms with Gasteiger partial charge in [0.25, 0.3) is 11.8 Å². The second kappa shape index (κ2) is 10.4. The molecule has 10 heteroatoms. The first-order valence-electron chi connectivity index (χ1n) is 11.8. The van der Waals surface area contributed by atoms with Gasteiger partial charge in [-0.15, -0.1) is 0 Å². The number of carbonyl (C=O) groups is 4. The minimum absolute atomic E-state index is 0.0133. The van der Waals surface area contributed by atoms with E-state index in [1.165, 1.54) is 26.2 Å². The van der Waals surface area contributed by atoms with Gasteiger partial charge >= 0.3 is 6.03 Å². The Morgan fingerprint density at radius 1 is 1.16 bits per heavy atom. The van der Waals surface area contributed by atoms with Crippen LogP contribution in [0.5, 0.6) is 0 Å². The number of urea groups is 1. The summed E-state index contributed by atoms with van der Waals surface area (Å²) in [5.74, 6) is -1.40. The van der Waals surface area contributed by atoms with Crippen LogP contribution in [0.15, 0.2) is 77.2 Å². The van der Waals surface area contributed by atoms with Crippen LogP contribution in [-0.2, 0) is 26.3 Å². The minimum atomic E-state index is -0.692. The number of carbonyl (C=O) groups excluding carboxylic acids is 4. The van der Waals surface area contributed by atoms with E-state index in [-0.39, 0.29) is 16.9 Å². The van der Waals surface area contributed by atoms with E-state index < -0.39 is 17.8 Å². The van der Waals surface area contributed by atoms with E-state index >= 15 is 0 Å².